The molecule has 3 rings (SSSR count). The Labute approximate surface area is 119 Å². The first-order chi connectivity index (χ1) is 9.63. The largest absolute Gasteiger partial charge is 0.366 e. The number of nitrogens with zero attached hydrogens (tertiary/aromatic N) is 2. The molecule has 3 aromatic rings. The second kappa shape index (κ2) is 4.83. The summed E-state index contributed by atoms with van der Waals surface area (Å²) in [5.41, 5.74) is 8.98. The van der Waals surface area contributed by atoms with E-state index in [0.717, 1.165) is 16.8 Å². The number of fused-ring (bicyclic) bond motifs is 1. The van der Waals surface area contributed by atoms with E-state index in [4.69, 9.17) is 5.73 Å². The van der Waals surface area contributed by atoms with Crippen LogP contribution >= 0.6 is 11.3 Å². The van der Waals surface area contributed by atoms with Crippen molar-refractivity contribution in [2.45, 2.75) is 6.92 Å². The quantitative estimate of drug-likeness (QED) is 0.695. The average Bonchev–Trinajstić information content (AvgIpc) is 3.04. The van der Waals surface area contributed by atoms with Crippen LogP contribution in [0.2, 0.25) is 0 Å². The molecule has 5 heteroatoms. The van der Waals surface area contributed by atoms with Crippen LogP contribution in [0.3, 0.4) is 0 Å². The van der Waals surface area contributed by atoms with E-state index >= 15 is 0 Å². The zero-order valence-corrected chi connectivity index (χ0v) is 11.6. The minimum absolute atomic E-state index is 0.455. The highest BCUT2D eigenvalue weighted by atomic mass is 32.1. The van der Waals surface area contributed by atoms with Crippen molar-refractivity contribution in [1.29, 1.82) is 0 Å². The van der Waals surface area contributed by atoms with Gasteiger partial charge in [-0.2, -0.15) is 11.3 Å². The van der Waals surface area contributed by atoms with E-state index in [1.807, 2.05) is 34.3 Å². The van der Waals surface area contributed by atoms with Gasteiger partial charge in [-0.1, -0.05) is 5.92 Å². The standard InChI is InChI=1S/C15H11N3OS/c1-10-7-18-8-12(15(16)19)6-14(18)13(17-10)3-2-11-4-5-20-9-11/h4-9H,1H3,(H2,16,19). The molecule has 0 unspecified atom stereocenters. The minimum atomic E-state index is -0.455. The van der Waals surface area contributed by atoms with Gasteiger partial charge >= 0.3 is 0 Å². The van der Waals surface area contributed by atoms with Crippen LogP contribution in [0.5, 0.6) is 0 Å². The van der Waals surface area contributed by atoms with Crippen molar-refractivity contribution in [2.75, 3.05) is 0 Å². The maximum atomic E-state index is 11.3. The number of aryl methyl sites for hydroxylation is 1. The van der Waals surface area contributed by atoms with Gasteiger partial charge in [-0.05, 0) is 30.4 Å². The molecule has 0 aliphatic carbocycles. The van der Waals surface area contributed by atoms with Gasteiger partial charge in [0, 0.05) is 23.3 Å². The summed E-state index contributed by atoms with van der Waals surface area (Å²) >= 11 is 1.60. The molecule has 0 saturated carbocycles. The molecule has 0 spiro atoms. The number of nitrogens with two attached hydrogens (primary N) is 1. The number of amides is 1. The third-order valence-corrected chi connectivity index (χ3v) is 3.52. The highest BCUT2D eigenvalue weighted by molar-refractivity contribution is 7.08. The zero-order chi connectivity index (χ0) is 14.1. The van der Waals surface area contributed by atoms with Crippen molar-refractivity contribution in [3.8, 4) is 11.8 Å². The highest BCUT2D eigenvalue weighted by Gasteiger charge is 2.08. The van der Waals surface area contributed by atoms with E-state index in [-0.39, 0.29) is 0 Å². The summed E-state index contributed by atoms with van der Waals surface area (Å²) in [6, 6.07) is 3.67. The second-order valence-corrected chi connectivity index (χ2v) is 5.16. The van der Waals surface area contributed by atoms with Crippen LogP contribution in [0.1, 0.15) is 27.3 Å². The summed E-state index contributed by atoms with van der Waals surface area (Å²) < 4.78 is 1.83. The zero-order valence-electron chi connectivity index (χ0n) is 10.8. The first-order valence-electron chi connectivity index (χ1n) is 5.97. The lowest BCUT2D eigenvalue weighted by Gasteiger charge is -1.99. The van der Waals surface area contributed by atoms with Crippen molar-refractivity contribution in [3.63, 3.8) is 0 Å². The number of hydrogen-bond donors (Lipinski definition) is 1. The molecule has 0 bridgehead atoms. The Kier molecular flexibility index (Phi) is 3.01. The summed E-state index contributed by atoms with van der Waals surface area (Å²) in [7, 11) is 0. The van der Waals surface area contributed by atoms with Gasteiger partial charge in [-0.3, -0.25) is 4.79 Å². The SMILES string of the molecule is Cc1cn2cc(C(N)=O)cc2c(C#Cc2ccsc2)n1. The number of carbonyl (C=O) groups excluding carboxylic acids is 1. The Bertz CT molecular complexity index is 850. The molecule has 0 fully saturated rings. The topological polar surface area (TPSA) is 60.4 Å². The molecule has 98 valence electrons. The van der Waals surface area contributed by atoms with Gasteiger partial charge in [-0.15, -0.1) is 0 Å². The molecule has 0 atom stereocenters. The molecule has 0 aromatic carbocycles. The number of thiophene rings is 1. The minimum Gasteiger partial charge on any atom is -0.366 e. The summed E-state index contributed by atoms with van der Waals surface area (Å²) in [6.07, 6.45) is 3.54. The van der Waals surface area contributed by atoms with E-state index in [0.29, 0.717) is 11.3 Å². The summed E-state index contributed by atoms with van der Waals surface area (Å²) in [4.78, 5) is 15.7. The van der Waals surface area contributed by atoms with Crippen molar-refractivity contribution in [1.82, 2.24) is 9.38 Å². The lowest BCUT2D eigenvalue weighted by molar-refractivity contribution is 0.100. The first kappa shape index (κ1) is 12.5. The fourth-order valence-corrected chi connectivity index (χ4v) is 2.52. The highest BCUT2D eigenvalue weighted by Crippen LogP contribution is 2.14. The molecule has 20 heavy (non-hydrogen) atoms. The van der Waals surface area contributed by atoms with Crippen molar-refractivity contribution in [3.05, 3.63) is 57.8 Å². The smallest absolute Gasteiger partial charge is 0.250 e. The van der Waals surface area contributed by atoms with Gasteiger partial charge in [0.15, 0.2) is 0 Å². The number of primary amides is 1. The maximum Gasteiger partial charge on any atom is 0.250 e. The van der Waals surface area contributed by atoms with E-state index < -0.39 is 5.91 Å². The van der Waals surface area contributed by atoms with E-state index in [9.17, 15) is 4.79 Å². The third-order valence-electron chi connectivity index (χ3n) is 2.84. The summed E-state index contributed by atoms with van der Waals surface area (Å²) in [5.74, 6) is 5.67. The number of aromatic nitrogens is 2. The predicted molar refractivity (Wildman–Crippen MR) is 78.7 cm³/mol. The van der Waals surface area contributed by atoms with Crippen molar-refractivity contribution >= 4 is 22.8 Å². The van der Waals surface area contributed by atoms with E-state index in [1.54, 1.807) is 23.6 Å². The van der Waals surface area contributed by atoms with Crippen LogP contribution in [0, 0.1) is 18.8 Å². The van der Waals surface area contributed by atoms with Gasteiger partial charge in [-0.25, -0.2) is 4.98 Å². The first-order valence-corrected chi connectivity index (χ1v) is 6.91. The van der Waals surface area contributed by atoms with Crippen LogP contribution in [0.15, 0.2) is 35.3 Å². The Morgan fingerprint density at radius 3 is 2.95 bits per heavy atom. The summed E-state index contributed by atoms with van der Waals surface area (Å²) in [6.45, 7) is 1.89. The fraction of sp³-hybridized carbons (Fsp3) is 0.0667. The fourth-order valence-electron chi connectivity index (χ4n) is 1.93. The summed E-state index contributed by atoms with van der Waals surface area (Å²) in [5, 5.41) is 3.96. The molecule has 0 saturated heterocycles. The van der Waals surface area contributed by atoms with Crippen LogP contribution in [-0.2, 0) is 0 Å². The van der Waals surface area contributed by atoms with Gasteiger partial charge in [0.25, 0.3) is 0 Å². The molecule has 0 radical (unpaired) electrons. The monoisotopic (exact) mass is 281 g/mol. The lowest BCUT2D eigenvalue weighted by Crippen LogP contribution is -2.09. The Hall–Kier alpha value is -2.58. The molecule has 0 aliphatic rings. The van der Waals surface area contributed by atoms with E-state index in [2.05, 4.69) is 16.8 Å². The van der Waals surface area contributed by atoms with Crippen LogP contribution in [-0.4, -0.2) is 15.3 Å². The van der Waals surface area contributed by atoms with Crippen LogP contribution in [0.25, 0.3) is 5.52 Å². The second-order valence-electron chi connectivity index (χ2n) is 4.38. The molecule has 0 aliphatic heterocycles. The van der Waals surface area contributed by atoms with Crippen LogP contribution < -0.4 is 5.73 Å². The van der Waals surface area contributed by atoms with Crippen LogP contribution in [0.4, 0.5) is 0 Å². The number of carbonyl (C=O) groups is 1. The molecule has 3 aromatic heterocycles. The lowest BCUT2D eigenvalue weighted by atomic mass is 10.2. The Morgan fingerprint density at radius 2 is 2.25 bits per heavy atom. The number of rotatable bonds is 1. The average molecular weight is 281 g/mol. The molecule has 2 N–H and O–H groups in total. The van der Waals surface area contributed by atoms with Gasteiger partial charge in [0.2, 0.25) is 5.91 Å². The van der Waals surface area contributed by atoms with Crippen molar-refractivity contribution < 1.29 is 4.79 Å². The van der Waals surface area contributed by atoms with Gasteiger partial charge < -0.3 is 10.1 Å². The third kappa shape index (κ3) is 2.29. The van der Waals surface area contributed by atoms with Gasteiger partial charge in [0.1, 0.15) is 5.69 Å². The Balaban J connectivity index is 2.16. The molecular weight excluding hydrogens is 270 g/mol. The molecule has 1 amide bonds. The Morgan fingerprint density at radius 1 is 1.40 bits per heavy atom. The normalized spacial score (nSPS) is 10.2. The van der Waals surface area contributed by atoms with Gasteiger partial charge in [0.05, 0.1) is 16.8 Å². The van der Waals surface area contributed by atoms with E-state index in [1.165, 1.54) is 0 Å². The molecular formula is C15H11N3OS. The maximum absolute atomic E-state index is 11.3. The van der Waals surface area contributed by atoms with Crippen molar-refractivity contribution in [2.24, 2.45) is 5.73 Å². The molecule has 4 nitrogen and oxygen atoms in total. The molecule has 3 heterocycles. The predicted octanol–water partition coefficient (Wildman–Crippen LogP) is 2.20. The number of hydrogen-bond acceptors (Lipinski definition) is 3.